The van der Waals surface area contributed by atoms with Gasteiger partial charge in [0, 0.05) is 36.1 Å². The molecule has 3 rings (SSSR count). The lowest BCUT2D eigenvalue weighted by atomic mass is 10.0. The Hall–Kier alpha value is -3.97. The lowest BCUT2D eigenvalue weighted by Gasteiger charge is -2.33. The fourth-order valence-corrected chi connectivity index (χ4v) is 5.40. The van der Waals surface area contributed by atoms with Gasteiger partial charge in [-0.1, -0.05) is 65.3 Å². The first-order chi connectivity index (χ1) is 19.9. The Morgan fingerprint density at radius 3 is 2.29 bits per heavy atom. The number of carbonyl (C=O) groups is 2. The maximum Gasteiger partial charge on any atom is 0.271 e. The number of amides is 2. The van der Waals surface area contributed by atoms with Gasteiger partial charge >= 0.3 is 0 Å². The quantitative estimate of drug-likeness (QED) is 0.201. The summed E-state index contributed by atoms with van der Waals surface area (Å²) >= 11 is 3.40. The minimum Gasteiger partial charge on any atom is -0.495 e. The number of anilines is 1. The SMILES string of the molecule is CCCNC(=O)[C@@H](Cc1ccccc1)N(Cc1ccc(Br)cc1)C(=O)CN(c1cc([N+](=O)[O-])ccc1OC)S(C)(=O)=O. The number of nitrogens with one attached hydrogen (secondary N) is 1. The Kier molecular flexibility index (Phi) is 11.5. The molecule has 3 aromatic rings. The van der Waals surface area contributed by atoms with Crippen LogP contribution in [0.4, 0.5) is 11.4 Å². The average molecular weight is 662 g/mol. The van der Waals surface area contributed by atoms with E-state index in [4.69, 9.17) is 4.74 Å². The molecule has 0 aliphatic rings. The van der Waals surface area contributed by atoms with Crippen molar-refractivity contribution in [2.75, 3.05) is 30.8 Å². The molecule has 0 aliphatic carbocycles. The van der Waals surface area contributed by atoms with Crippen LogP contribution < -0.4 is 14.4 Å². The molecule has 0 aromatic heterocycles. The molecule has 11 nitrogen and oxygen atoms in total. The lowest BCUT2D eigenvalue weighted by Crippen LogP contribution is -2.53. The number of hydrogen-bond acceptors (Lipinski definition) is 7. The van der Waals surface area contributed by atoms with E-state index in [1.165, 1.54) is 24.1 Å². The number of nitrogens with zero attached hydrogens (tertiary/aromatic N) is 3. The number of non-ortho nitro benzene ring substituents is 1. The lowest BCUT2D eigenvalue weighted by molar-refractivity contribution is -0.384. The summed E-state index contributed by atoms with van der Waals surface area (Å²) in [5.41, 5.74) is 0.982. The minimum atomic E-state index is -4.14. The predicted octanol–water partition coefficient (Wildman–Crippen LogP) is 4.30. The van der Waals surface area contributed by atoms with Gasteiger partial charge in [-0.2, -0.15) is 0 Å². The molecule has 0 saturated heterocycles. The summed E-state index contributed by atoms with van der Waals surface area (Å²) < 4.78 is 32.9. The van der Waals surface area contributed by atoms with Crippen molar-refractivity contribution in [3.05, 3.63) is 98.5 Å². The number of nitro benzene ring substituents is 1. The highest BCUT2D eigenvalue weighted by Gasteiger charge is 2.34. The van der Waals surface area contributed by atoms with Crippen LogP contribution in [0.25, 0.3) is 0 Å². The highest BCUT2D eigenvalue weighted by molar-refractivity contribution is 9.10. The van der Waals surface area contributed by atoms with Crippen molar-refractivity contribution < 1.29 is 27.7 Å². The average Bonchev–Trinajstić information content (AvgIpc) is 2.96. The number of nitro groups is 1. The highest BCUT2D eigenvalue weighted by Crippen LogP contribution is 2.34. The van der Waals surface area contributed by atoms with E-state index in [0.29, 0.717) is 18.5 Å². The Balaban J connectivity index is 2.11. The molecule has 224 valence electrons. The first kappa shape index (κ1) is 32.5. The van der Waals surface area contributed by atoms with Crippen LogP contribution in [0.2, 0.25) is 0 Å². The summed E-state index contributed by atoms with van der Waals surface area (Å²) in [4.78, 5) is 39.8. The maximum atomic E-state index is 14.1. The van der Waals surface area contributed by atoms with Gasteiger partial charge in [0.15, 0.2) is 0 Å². The van der Waals surface area contributed by atoms with Gasteiger partial charge in [-0.05, 0) is 35.7 Å². The fraction of sp³-hybridized carbons (Fsp3) is 0.310. The van der Waals surface area contributed by atoms with E-state index in [1.54, 1.807) is 24.3 Å². The van der Waals surface area contributed by atoms with Crippen LogP contribution in [-0.2, 0) is 32.6 Å². The van der Waals surface area contributed by atoms with E-state index in [1.807, 2.05) is 37.3 Å². The second-order valence-electron chi connectivity index (χ2n) is 9.53. The fourth-order valence-electron chi connectivity index (χ4n) is 4.29. The number of benzene rings is 3. The molecular weight excluding hydrogens is 628 g/mol. The summed E-state index contributed by atoms with van der Waals surface area (Å²) in [6.07, 6.45) is 1.75. The zero-order valence-electron chi connectivity index (χ0n) is 23.5. The molecule has 0 spiro atoms. The Labute approximate surface area is 253 Å². The normalized spacial score (nSPS) is 11.8. The van der Waals surface area contributed by atoms with Crippen molar-refractivity contribution >= 4 is 49.1 Å². The van der Waals surface area contributed by atoms with Gasteiger partial charge in [0.2, 0.25) is 21.8 Å². The number of hydrogen-bond donors (Lipinski definition) is 1. The van der Waals surface area contributed by atoms with Crippen LogP contribution in [0.3, 0.4) is 0 Å². The molecule has 2 amide bonds. The van der Waals surface area contributed by atoms with Gasteiger partial charge in [-0.25, -0.2) is 8.42 Å². The summed E-state index contributed by atoms with van der Waals surface area (Å²) in [7, 11) is -2.85. The van der Waals surface area contributed by atoms with E-state index in [2.05, 4.69) is 21.2 Å². The van der Waals surface area contributed by atoms with Crippen LogP contribution in [0.1, 0.15) is 24.5 Å². The molecule has 0 fully saturated rings. The van der Waals surface area contributed by atoms with Crippen LogP contribution in [0, 0.1) is 10.1 Å². The molecule has 0 bridgehead atoms. The topological polar surface area (TPSA) is 139 Å². The van der Waals surface area contributed by atoms with Gasteiger partial charge in [-0.15, -0.1) is 0 Å². The molecule has 42 heavy (non-hydrogen) atoms. The molecule has 13 heteroatoms. The number of methoxy groups -OCH3 is 1. The van der Waals surface area contributed by atoms with E-state index in [-0.39, 0.29) is 36.0 Å². The molecule has 3 aromatic carbocycles. The van der Waals surface area contributed by atoms with Gasteiger partial charge < -0.3 is 15.0 Å². The third kappa shape index (κ3) is 8.76. The number of halogens is 1. The van der Waals surface area contributed by atoms with E-state index >= 15 is 0 Å². The van der Waals surface area contributed by atoms with Gasteiger partial charge in [0.1, 0.15) is 24.0 Å². The summed E-state index contributed by atoms with van der Waals surface area (Å²) in [5, 5.41) is 14.3. The zero-order valence-corrected chi connectivity index (χ0v) is 25.9. The molecular formula is C29H33BrN4O7S. The molecule has 0 aliphatic heterocycles. The summed E-state index contributed by atoms with van der Waals surface area (Å²) in [6.45, 7) is 1.59. The third-order valence-electron chi connectivity index (χ3n) is 6.41. The first-order valence-electron chi connectivity index (χ1n) is 13.1. The number of sulfonamides is 1. The van der Waals surface area contributed by atoms with Crippen molar-refractivity contribution in [2.24, 2.45) is 0 Å². The van der Waals surface area contributed by atoms with Crippen LogP contribution in [-0.4, -0.2) is 62.6 Å². The van der Waals surface area contributed by atoms with Crippen molar-refractivity contribution in [2.45, 2.75) is 32.4 Å². The van der Waals surface area contributed by atoms with Crippen molar-refractivity contribution in [3.63, 3.8) is 0 Å². The number of rotatable bonds is 14. The maximum absolute atomic E-state index is 14.1. The van der Waals surface area contributed by atoms with E-state index in [9.17, 15) is 28.1 Å². The molecule has 0 saturated carbocycles. The van der Waals surface area contributed by atoms with Crippen molar-refractivity contribution in [3.8, 4) is 5.75 Å². The van der Waals surface area contributed by atoms with Gasteiger partial charge in [-0.3, -0.25) is 24.0 Å². The summed E-state index contributed by atoms with van der Waals surface area (Å²) in [6, 6.07) is 18.9. The second kappa shape index (κ2) is 14.8. The molecule has 0 unspecified atom stereocenters. The van der Waals surface area contributed by atoms with Crippen LogP contribution in [0.5, 0.6) is 5.75 Å². The standard InChI is InChI=1S/C29H33BrN4O7S/c1-4-16-31-29(36)26(17-21-8-6-5-7-9-21)32(19-22-10-12-23(30)13-11-22)28(35)20-33(42(3,39)40)25-18-24(34(37)38)14-15-27(25)41-2/h5-15,18,26H,4,16-17,19-20H2,1-3H3,(H,31,36)/t26-/m1/s1. The highest BCUT2D eigenvalue weighted by atomic mass is 79.9. The van der Waals surface area contributed by atoms with Crippen LogP contribution >= 0.6 is 15.9 Å². The Bertz CT molecular complexity index is 1500. The van der Waals surface area contributed by atoms with E-state index in [0.717, 1.165) is 26.7 Å². The monoisotopic (exact) mass is 660 g/mol. The first-order valence-corrected chi connectivity index (χ1v) is 15.7. The van der Waals surface area contributed by atoms with Crippen molar-refractivity contribution in [1.29, 1.82) is 0 Å². The van der Waals surface area contributed by atoms with E-state index < -0.39 is 33.4 Å². The Morgan fingerprint density at radius 1 is 1.05 bits per heavy atom. The smallest absolute Gasteiger partial charge is 0.271 e. The summed E-state index contributed by atoms with van der Waals surface area (Å²) in [5.74, 6) is -1.03. The van der Waals surface area contributed by atoms with Crippen LogP contribution in [0.15, 0.2) is 77.3 Å². The van der Waals surface area contributed by atoms with Gasteiger partial charge in [0.25, 0.3) is 5.69 Å². The van der Waals surface area contributed by atoms with Gasteiger partial charge in [0.05, 0.1) is 18.3 Å². The molecule has 0 radical (unpaired) electrons. The minimum absolute atomic E-state index is 0.00678. The third-order valence-corrected chi connectivity index (χ3v) is 8.06. The number of carbonyl (C=O) groups excluding carboxylic acids is 2. The molecule has 0 heterocycles. The largest absolute Gasteiger partial charge is 0.495 e. The second-order valence-corrected chi connectivity index (χ2v) is 12.4. The molecule has 1 atom stereocenters. The van der Waals surface area contributed by atoms with Crippen molar-refractivity contribution in [1.82, 2.24) is 10.2 Å². The predicted molar refractivity (Wildman–Crippen MR) is 164 cm³/mol. The zero-order chi connectivity index (χ0) is 30.9. The Morgan fingerprint density at radius 2 is 1.71 bits per heavy atom. The number of ether oxygens (including phenoxy) is 1. The molecule has 1 N–H and O–H groups in total.